The van der Waals surface area contributed by atoms with Crippen molar-refractivity contribution in [1.29, 1.82) is 0 Å². The molecule has 0 unspecified atom stereocenters. The summed E-state index contributed by atoms with van der Waals surface area (Å²) in [6.07, 6.45) is 6.38. The fourth-order valence-electron chi connectivity index (χ4n) is 3.99. The Balaban J connectivity index is 0.000000403. The summed E-state index contributed by atoms with van der Waals surface area (Å²) in [6, 6.07) is 7.63. The fraction of sp³-hybridized carbons (Fsp3) is 0.481. The van der Waals surface area contributed by atoms with E-state index in [1.54, 1.807) is 19.2 Å². The van der Waals surface area contributed by atoms with Crippen LogP contribution in [0.15, 0.2) is 28.7 Å². The van der Waals surface area contributed by atoms with Crippen LogP contribution in [0.3, 0.4) is 0 Å². The molecule has 0 aromatic heterocycles. The molecule has 0 heterocycles. The Kier molecular flexibility index (Phi) is 16.7. The maximum atomic E-state index is 10.8. The number of benzene rings is 2. The topological polar surface area (TPSA) is 155 Å². The first-order valence-electron chi connectivity index (χ1n) is 12.7. The summed E-state index contributed by atoms with van der Waals surface area (Å²) in [7, 11) is 1.54. The van der Waals surface area contributed by atoms with Gasteiger partial charge in [0.15, 0.2) is 36.2 Å². The van der Waals surface area contributed by atoms with Crippen molar-refractivity contribution in [3.05, 3.63) is 44.9 Å². The van der Waals surface area contributed by atoms with Crippen LogP contribution < -0.4 is 35.7 Å². The zero-order valence-corrected chi connectivity index (χ0v) is 25.8. The van der Waals surface area contributed by atoms with Crippen molar-refractivity contribution < 1.29 is 33.6 Å². The predicted molar refractivity (Wildman–Crippen MR) is 160 cm³/mol. The number of primary amides is 2. The van der Waals surface area contributed by atoms with Crippen LogP contribution in [0.25, 0.3) is 0 Å². The monoisotopic (exact) mass is 665 g/mol. The first-order chi connectivity index (χ1) is 18.7. The second kappa shape index (κ2) is 18.8. The Morgan fingerprint density at radius 3 is 2.12 bits per heavy atom. The van der Waals surface area contributed by atoms with E-state index in [-0.39, 0.29) is 32.2 Å². The van der Waals surface area contributed by atoms with Crippen molar-refractivity contribution >= 4 is 51.8 Å². The van der Waals surface area contributed by atoms with E-state index in [9.17, 15) is 9.59 Å². The second-order valence-corrected chi connectivity index (χ2v) is 10.1. The Morgan fingerprint density at radius 1 is 0.975 bits per heavy atom. The van der Waals surface area contributed by atoms with Crippen molar-refractivity contribution in [1.82, 2.24) is 5.32 Å². The number of aliphatic hydroxyl groups excluding tert-OH is 1. The molecule has 0 aliphatic heterocycles. The van der Waals surface area contributed by atoms with Gasteiger partial charge >= 0.3 is 0 Å². The highest BCUT2D eigenvalue weighted by atomic mass is 79.9. The van der Waals surface area contributed by atoms with Crippen LogP contribution >= 0.6 is 39.9 Å². The summed E-state index contributed by atoms with van der Waals surface area (Å²) in [5, 5.41) is 13.0. The molecule has 2 aromatic carbocycles. The molecular formula is C27H38BrCl2N3O7. The SMILES string of the molecule is CCOc1cc(CO)cc(Br)c1OCC(N)=O.COc1cc(CNC2CCCCC2)cc(Cl)c1OCC(N)=O.Cl. The normalized spacial score (nSPS) is 12.8. The molecule has 40 heavy (non-hydrogen) atoms. The van der Waals surface area contributed by atoms with Gasteiger partial charge in [0.05, 0.1) is 29.8 Å². The first kappa shape index (κ1) is 35.6. The van der Waals surface area contributed by atoms with Crippen LogP contribution in [0, 0.1) is 0 Å². The number of halogens is 3. The molecule has 2 amide bonds. The van der Waals surface area contributed by atoms with E-state index in [1.807, 2.05) is 19.1 Å². The second-order valence-electron chi connectivity index (χ2n) is 8.83. The van der Waals surface area contributed by atoms with Crippen molar-refractivity contribution in [3.8, 4) is 23.0 Å². The molecule has 0 radical (unpaired) electrons. The third-order valence-electron chi connectivity index (χ3n) is 5.76. The molecule has 1 saturated carbocycles. The number of amides is 2. The molecule has 10 nitrogen and oxygen atoms in total. The van der Waals surface area contributed by atoms with Crippen molar-refractivity contribution in [3.63, 3.8) is 0 Å². The lowest BCUT2D eigenvalue weighted by molar-refractivity contribution is -0.120. The van der Waals surface area contributed by atoms with E-state index in [2.05, 4.69) is 21.2 Å². The largest absolute Gasteiger partial charge is 0.493 e. The minimum Gasteiger partial charge on any atom is -0.493 e. The Hall–Kier alpha value is -2.44. The molecule has 2 aromatic rings. The molecule has 0 bridgehead atoms. The molecule has 6 N–H and O–H groups in total. The smallest absolute Gasteiger partial charge is 0.255 e. The summed E-state index contributed by atoms with van der Waals surface area (Å²) in [6.45, 7) is 2.46. The Labute approximate surface area is 254 Å². The highest BCUT2D eigenvalue weighted by Crippen LogP contribution is 2.37. The number of carbonyl (C=O) groups is 2. The molecule has 0 atom stereocenters. The minimum atomic E-state index is -0.564. The van der Waals surface area contributed by atoms with Crippen LogP contribution in [0.5, 0.6) is 23.0 Å². The Bertz CT molecular complexity index is 1100. The lowest BCUT2D eigenvalue weighted by Crippen LogP contribution is -2.30. The predicted octanol–water partition coefficient (Wildman–Crippen LogP) is 4.26. The van der Waals surface area contributed by atoms with E-state index >= 15 is 0 Å². The lowest BCUT2D eigenvalue weighted by atomic mass is 9.95. The molecule has 1 aliphatic rings. The van der Waals surface area contributed by atoms with Crippen LogP contribution in [-0.4, -0.2) is 49.9 Å². The number of nitrogens with two attached hydrogens (primary N) is 2. The number of hydrogen-bond acceptors (Lipinski definition) is 8. The van der Waals surface area contributed by atoms with Gasteiger partial charge in [-0.05, 0) is 71.1 Å². The van der Waals surface area contributed by atoms with Crippen molar-refractivity contribution in [2.75, 3.05) is 26.9 Å². The Morgan fingerprint density at radius 2 is 1.57 bits per heavy atom. The van der Waals surface area contributed by atoms with Gasteiger partial charge in [-0.15, -0.1) is 12.4 Å². The van der Waals surface area contributed by atoms with Gasteiger partial charge in [-0.3, -0.25) is 9.59 Å². The van der Waals surface area contributed by atoms with E-state index in [0.29, 0.717) is 50.7 Å². The number of ether oxygens (including phenoxy) is 4. The highest BCUT2D eigenvalue weighted by Gasteiger charge is 2.16. The summed E-state index contributed by atoms with van der Waals surface area (Å²) < 4.78 is 21.9. The van der Waals surface area contributed by atoms with Crippen LogP contribution in [-0.2, 0) is 22.7 Å². The quantitative estimate of drug-likeness (QED) is 0.247. The number of nitrogens with one attached hydrogen (secondary N) is 1. The van der Waals surface area contributed by atoms with Crippen LogP contribution in [0.2, 0.25) is 5.02 Å². The molecular weight excluding hydrogens is 629 g/mol. The van der Waals surface area contributed by atoms with Gasteiger partial charge in [-0.25, -0.2) is 0 Å². The molecule has 0 saturated heterocycles. The molecule has 1 aliphatic carbocycles. The molecule has 224 valence electrons. The molecule has 0 spiro atoms. The van der Waals surface area contributed by atoms with E-state index in [4.69, 9.17) is 47.1 Å². The van der Waals surface area contributed by atoms with E-state index < -0.39 is 11.8 Å². The summed E-state index contributed by atoms with van der Waals surface area (Å²) in [4.78, 5) is 21.5. The number of carbonyl (C=O) groups excluding carboxylic acids is 2. The van der Waals surface area contributed by atoms with Gasteiger partial charge < -0.3 is 40.8 Å². The van der Waals surface area contributed by atoms with Gasteiger partial charge in [-0.2, -0.15) is 0 Å². The van der Waals surface area contributed by atoms with Gasteiger partial charge in [0, 0.05) is 12.6 Å². The lowest BCUT2D eigenvalue weighted by Gasteiger charge is -2.23. The fourth-order valence-corrected chi connectivity index (χ4v) is 4.88. The third-order valence-corrected chi connectivity index (χ3v) is 6.63. The molecule has 3 rings (SSSR count). The highest BCUT2D eigenvalue weighted by molar-refractivity contribution is 9.10. The minimum absolute atomic E-state index is 0. The maximum Gasteiger partial charge on any atom is 0.255 e. The summed E-state index contributed by atoms with van der Waals surface area (Å²) >= 11 is 9.52. The zero-order chi connectivity index (χ0) is 28.8. The van der Waals surface area contributed by atoms with Crippen molar-refractivity contribution in [2.45, 2.75) is 58.2 Å². The van der Waals surface area contributed by atoms with Crippen LogP contribution in [0.1, 0.15) is 50.2 Å². The number of hydrogen-bond donors (Lipinski definition) is 4. The molecule has 13 heteroatoms. The van der Waals surface area contributed by atoms with Gasteiger partial charge in [-0.1, -0.05) is 30.9 Å². The standard InChI is InChI=1S/C16H23ClN2O3.C11H14BrNO4.ClH/c1-21-14-8-11(9-19-12-5-3-2-4-6-12)7-13(17)16(14)22-10-15(18)20;1-2-16-9-4-7(5-14)3-8(12)11(9)17-6-10(13)15;/h7-8,12,19H,2-6,9-10H2,1H3,(H2,18,20);3-4,14H,2,5-6H2,1H3,(H2,13,15);1H. The van der Waals surface area contributed by atoms with Gasteiger partial charge in [0.25, 0.3) is 11.8 Å². The van der Waals surface area contributed by atoms with Crippen molar-refractivity contribution in [2.24, 2.45) is 11.5 Å². The maximum absolute atomic E-state index is 10.8. The summed E-state index contributed by atoms with van der Waals surface area (Å²) in [5.41, 5.74) is 11.8. The first-order valence-corrected chi connectivity index (χ1v) is 13.8. The van der Waals surface area contributed by atoms with E-state index in [0.717, 1.165) is 12.1 Å². The van der Waals surface area contributed by atoms with E-state index in [1.165, 1.54) is 32.1 Å². The van der Waals surface area contributed by atoms with Gasteiger partial charge in [0.2, 0.25) is 0 Å². The third kappa shape index (κ3) is 12.0. The number of aliphatic hydroxyl groups is 1. The number of rotatable bonds is 13. The van der Waals surface area contributed by atoms with Crippen LogP contribution in [0.4, 0.5) is 0 Å². The zero-order valence-electron chi connectivity index (χ0n) is 22.7. The van der Waals surface area contributed by atoms with Gasteiger partial charge in [0.1, 0.15) is 0 Å². The molecule has 1 fully saturated rings. The number of methoxy groups -OCH3 is 1. The summed E-state index contributed by atoms with van der Waals surface area (Å²) in [5.74, 6) is 0.611. The average Bonchev–Trinajstić information content (AvgIpc) is 2.91. The average molecular weight is 667 g/mol.